The molecule has 15 heavy (non-hydrogen) atoms. The van der Waals surface area contributed by atoms with Gasteiger partial charge in [-0.3, -0.25) is 0 Å². The smallest absolute Gasteiger partial charge is 0.133 e. The van der Waals surface area contributed by atoms with Gasteiger partial charge >= 0.3 is 0 Å². The Morgan fingerprint density at radius 2 is 2.07 bits per heavy atom. The summed E-state index contributed by atoms with van der Waals surface area (Å²) >= 11 is 0. The summed E-state index contributed by atoms with van der Waals surface area (Å²) in [7, 11) is 2.98. The Kier molecular flexibility index (Phi) is 3.58. The molecule has 1 N–H and O–H groups in total. The summed E-state index contributed by atoms with van der Waals surface area (Å²) in [6.45, 7) is 0. The first-order valence-corrected chi connectivity index (χ1v) is 4.24. The minimum atomic E-state index is 0.0118. The molecular formula is C11H11NO3. The van der Waals surface area contributed by atoms with Crippen LogP contribution in [0.25, 0.3) is 6.08 Å². The van der Waals surface area contributed by atoms with Gasteiger partial charge in [0.05, 0.1) is 25.9 Å². The van der Waals surface area contributed by atoms with Gasteiger partial charge in [-0.2, -0.15) is 5.26 Å². The third kappa shape index (κ3) is 2.41. The van der Waals surface area contributed by atoms with E-state index in [2.05, 4.69) is 0 Å². The largest absolute Gasteiger partial charge is 0.507 e. The zero-order chi connectivity index (χ0) is 11.3. The number of hydrogen-bond donors (Lipinski definition) is 1. The number of phenols is 1. The van der Waals surface area contributed by atoms with Crippen LogP contribution in [-0.4, -0.2) is 19.3 Å². The SMILES string of the molecule is COc1cc(O)c(C=CC#N)c(OC)c1. The lowest BCUT2D eigenvalue weighted by Gasteiger charge is -2.09. The number of allylic oxidation sites excluding steroid dienone is 1. The predicted molar refractivity (Wildman–Crippen MR) is 55.9 cm³/mol. The quantitative estimate of drug-likeness (QED) is 0.766. The van der Waals surface area contributed by atoms with Crippen molar-refractivity contribution in [2.45, 2.75) is 0 Å². The van der Waals surface area contributed by atoms with Crippen molar-refractivity contribution in [3.05, 3.63) is 23.8 Å². The summed E-state index contributed by atoms with van der Waals surface area (Å²) < 4.78 is 10.0. The molecule has 1 aromatic carbocycles. The van der Waals surface area contributed by atoms with Crippen LogP contribution in [0.5, 0.6) is 17.2 Å². The van der Waals surface area contributed by atoms with E-state index in [0.717, 1.165) is 0 Å². The van der Waals surface area contributed by atoms with E-state index in [1.807, 2.05) is 6.07 Å². The molecule has 0 aliphatic rings. The van der Waals surface area contributed by atoms with Crippen LogP contribution in [0.15, 0.2) is 18.2 Å². The predicted octanol–water partition coefficient (Wildman–Crippen LogP) is 1.95. The third-order valence-corrected chi connectivity index (χ3v) is 1.87. The van der Waals surface area contributed by atoms with E-state index in [0.29, 0.717) is 17.1 Å². The average molecular weight is 205 g/mol. The van der Waals surface area contributed by atoms with Gasteiger partial charge in [-0.1, -0.05) is 0 Å². The van der Waals surface area contributed by atoms with Crippen LogP contribution < -0.4 is 9.47 Å². The molecule has 0 aliphatic carbocycles. The lowest BCUT2D eigenvalue weighted by molar-refractivity contribution is 0.384. The Labute approximate surface area is 88.0 Å². The molecule has 78 valence electrons. The number of phenolic OH excluding ortho intramolecular Hbond substituents is 1. The molecular weight excluding hydrogens is 194 g/mol. The van der Waals surface area contributed by atoms with Gasteiger partial charge in [0.1, 0.15) is 17.2 Å². The maximum Gasteiger partial charge on any atom is 0.133 e. The van der Waals surface area contributed by atoms with Gasteiger partial charge in [0.15, 0.2) is 0 Å². The van der Waals surface area contributed by atoms with Crippen molar-refractivity contribution in [3.63, 3.8) is 0 Å². The zero-order valence-corrected chi connectivity index (χ0v) is 8.52. The minimum absolute atomic E-state index is 0.0118. The minimum Gasteiger partial charge on any atom is -0.507 e. The van der Waals surface area contributed by atoms with Crippen molar-refractivity contribution in [1.29, 1.82) is 5.26 Å². The Morgan fingerprint density at radius 3 is 2.60 bits per heavy atom. The van der Waals surface area contributed by atoms with Crippen molar-refractivity contribution >= 4 is 6.08 Å². The number of hydrogen-bond acceptors (Lipinski definition) is 4. The zero-order valence-electron chi connectivity index (χ0n) is 8.52. The molecule has 0 aromatic heterocycles. The summed E-state index contributed by atoms with van der Waals surface area (Å²) in [4.78, 5) is 0. The highest BCUT2D eigenvalue weighted by atomic mass is 16.5. The van der Waals surface area contributed by atoms with Crippen LogP contribution in [0.1, 0.15) is 5.56 Å². The highest BCUT2D eigenvalue weighted by Crippen LogP contribution is 2.34. The van der Waals surface area contributed by atoms with Crippen LogP contribution in [-0.2, 0) is 0 Å². The first-order valence-electron chi connectivity index (χ1n) is 4.24. The van der Waals surface area contributed by atoms with Crippen molar-refractivity contribution in [2.75, 3.05) is 14.2 Å². The van der Waals surface area contributed by atoms with Gasteiger partial charge in [0.2, 0.25) is 0 Å². The number of rotatable bonds is 3. The standard InChI is InChI=1S/C11H11NO3/c1-14-8-6-10(13)9(4-3-5-12)11(7-8)15-2/h3-4,6-7,13H,1-2H3. The van der Waals surface area contributed by atoms with Gasteiger partial charge in [-0.05, 0) is 6.08 Å². The van der Waals surface area contributed by atoms with E-state index in [1.54, 1.807) is 6.07 Å². The molecule has 0 bridgehead atoms. The highest BCUT2D eigenvalue weighted by molar-refractivity contribution is 5.67. The Balaban J connectivity index is 3.25. The summed E-state index contributed by atoms with van der Waals surface area (Å²) in [6, 6.07) is 4.94. The number of nitriles is 1. The Morgan fingerprint density at radius 1 is 1.33 bits per heavy atom. The van der Waals surface area contributed by atoms with Crippen molar-refractivity contribution in [3.8, 4) is 23.3 Å². The van der Waals surface area contributed by atoms with Crippen molar-refractivity contribution in [2.24, 2.45) is 0 Å². The van der Waals surface area contributed by atoms with Crippen LogP contribution in [0.2, 0.25) is 0 Å². The number of ether oxygens (including phenoxy) is 2. The molecule has 4 nitrogen and oxygen atoms in total. The summed E-state index contributed by atoms with van der Waals surface area (Å²) in [5.41, 5.74) is 0.458. The van der Waals surface area contributed by atoms with E-state index < -0.39 is 0 Å². The number of nitrogens with zero attached hydrogens (tertiary/aromatic N) is 1. The molecule has 0 unspecified atom stereocenters. The number of aromatic hydroxyl groups is 1. The van der Waals surface area contributed by atoms with E-state index in [9.17, 15) is 5.11 Å². The molecule has 1 aromatic rings. The van der Waals surface area contributed by atoms with Gasteiger partial charge in [-0.15, -0.1) is 0 Å². The normalized spacial score (nSPS) is 9.93. The van der Waals surface area contributed by atoms with Crippen LogP contribution in [0.3, 0.4) is 0 Å². The lowest BCUT2D eigenvalue weighted by atomic mass is 10.1. The highest BCUT2D eigenvalue weighted by Gasteiger charge is 2.08. The molecule has 0 saturated carbocycles. The molecule has 0 heterocycles. The maximum atomic E-state index is 9.64. The summed E-state index contributed by atoms with van der Waals surface area (Å²) in [5, 5.41) is 18.0. The summed E-state index contributed by atoms with van der Waals surface area (Å²) in [5.74, 6) is 0.967. The second kappa shape index (κ2) is 4.91. The molecule has 4 heteroatoms. The van der Waals surface area contributed by atoms with E-state index in [1.165, 1.54) is 32.4 Å². The fourth-order valence-corrected chi connectivity index (χ4v) is 1.16. The second-order valence-corrected chi connectivity index (χ2v) is 2.72. The topological polar surface area (TPSA) is 62.5 Å². The van der Waals surface area contributed by atoms with E-state index in [-0.39, 0.29) is 5.75 Å². The fraction of sp³-hybridized carbons (Fsp3) is 0.182. The lowest BCUT2D eigenvalue weighted by Crippen LogP contribution is -1.90. The van der Waals surface area contributed by atoms with Gasteiger partial charge in [0, 0.05) is 18.2 Å². The molecule has 0 aliphatic heterocycles. The van der Waals surface area contributed by atoms with Crippen LogP contribution >= 0.6 is 0 Å². The Bertz CT molecular complexity index is 419. The third-order valence-electron chi connectivity index (χ3n) is 1.87. The van der Waals surface area contributed by atoms with Gasteiger partial charge in [0.25, 0.3) is 0 Å². The first-order chi connectivity index (χ1) is 7.22. The van der Waals surface area contributed by atoms with Crippen LogP contribution in [0.4, 0.5) is 0 Å². The summed E-state index contributed by atoms with van der Waals surface area (Å²) in [6.07, 6.45) is 2.75. The van der Waals surface area contributed by atoms with Crippen molar-refractivity contribution < 1.29 is 14.6 Å². The monoisotopic (exact) mass is 205 g/mol. The molecule has 0 spiro atoms. The maximum absolute atomic E-state index is 9.64. The fourth-order valence-electron chi connectivity index (χ4n) is 1.16. The molecule has 0 radical (unpaired) electrons. The van der Waals surface area contributed by atoms with E-state index >= 15 is 0 Å². The molecule has 0 atom stereocenters. The molecule has 0 saturated heterocycles. The van der Waals surface area contributed by atoms with Crippen molar-refractivity contribution in [1.82, 2.24) is 0 Å². The molecule has 0 amide bonds. The second-order valence-electron chi connectivity index (χ2n) is 2.72. The van der Waals surface area contributed by atoms with E-state index in [4.69, 9.17) is 14.7 Å². The first kappa shape index (κ1) is 10.9. The number of methoxy groups -OCH3 is 2. The number of benzene rings is 1. The molecule has 1 rings (SSSR count). The van der Waals surface area contributed by atoms with Gasteiger partial charge in [-0.25, -0.2) is 0 Å². The molecule has 0 fully saturated rings. The van der Waals surface area contributed by atoms with Crippen LogP contribution in [0, 0.1) is 11.3 Å². The average Bonchev–Trinajstić information content (AvgIpc) is 2.26. The Hall–Kier alpha value is -2.15. The van der Waals surface area contributed by atoms with Gasteiger partial charge < -0.3 is 14.6 Å².